The van der Waals surface area contributed by atoms with Crippen LogP contribution in [0.1, 0.15) is 11.1 Å². The number of nitrogens with zero attached hydrogens (tertiary/aromatic N) is 2. The fourth-order valence-corrected chi connectivity index (χ4v) is 5.05. The maximum absolute atomic E-state index is 13.0. The highest BCUT2D eigenvalue weighted by Gasteiger charge is 2.35. The highest BCUT2D eigenvalue weighted by molar-refractivity contribution is 9.10. The van der Waals surface area contributed by atoms with Crippen molar-refractivity contribution in [3.63, 3.8) is 0 Å². The van der Waals surface area contributed by atoms with E-state index < -0.39 is 0 Å². The topological polar surface area (TPSA) is 80.6 Å². The molecule has 3 amide bonds. The molecule has 1 aliphatic heterocycles. The number of hydrogen-bond acceptors (Lipinski definition) is 5. The standard InChI is InChI=1S/C24H21Br2N3O4S/c1-33-9-8-27-22(30)14-28-13-16(19-11-18(26)6-7-20(19)28)10-21-23(31)29(24(32)34-21)12-15-2-4-17(25)5-3-15/h2-7,10-11,13H,8-9,12,14H2,1H3,(H,27,30)/b21-10-. The lowest BCUT2D eigenvalue weighted by Gasteiger charge is -2.12. The second-order valence-electron chi connectivity index (χ2n) is 7.61. The van der Waals surface area contributed by atoms with Crippen LogP contribution in [0.15, 0.2) is 62.5 Å². The van der Waals surface area contributed by atoms with Crippen molar-refractivity contribution in [1.82, 2.24) is 14.8 Å². The first-order valence-electron chi connectivity index (χ1n) is 10.4. The number of hydrogen-bond donors (Lipinski definition) is 1. The predicted molar refractivity (Wildman–Crippen MR) is 140 cm³/mol. The first-order valence-corrected chi connectivity index (χ1v) is 12.8. The van der Waals surface area contributed by atoms with Gasteiger partial charge in [0, 0.05) is 45.3 Å². The normalized spacial score (nSPS) is 15.0. The molecule has 4 rings (SSSR count). The molecule has 0 radical (unpaired) electrons. The van der Waals surface area contributed by atoms with Gasteiger partial charge in [0.05, 0.1) is 18.1 Å². The molecule has 1 N–H and O–H groups in total. The molecule has 1 aromatic heterocycles. The summed E-state index contributed by atoms with van der Waals surface area (Å²) in [6.45, 7) is 1.20. The Morgan fingerprint density at radius 2 is 1.85 bits per heavy atom. The zero-order valence-corrected chi connectivity index (χ0v) is 22.2. The van der Waals surface area contributed by atoms with Crippen LogP contribution in [0.25, 0.3) is 17.0 Å². The summed E-state index contributed by atoms with van der Waals surface area (Å²) in [5.41, 5.74) is 2.48. The molecule has 34 heavy (non-hydrogen) atoms. The average Bonchev–Trinajstić information content (AvgIpc) is 3.26. The van der Waals surface area contributed by atoms with Crippen molar-refractivity contribution in [2.45, 2.75) is 13.1 Å². The van der Waals surface area contributed by atoms with Gasteiger partial charge in [0.15, 0.2) is 0 Å². The maximum Gasteiger partial charge on any atom is 0.293 e. The lowest BCUT2D eigenvalue weighted by molar-refractivity contribution is -0.123. The number of rotatable bonds is 8. The van der Waals surface area contributed by atoms with E-state index in [2.05, 4.69) is 37.2 Å². The highest BCUT2D eigenvalue weighted by Crippen LogP contribution is 2.35. The molecule has 1 aliphatic rings. The van der Waals surface area contributed by atoms with Crippen molar-refractivity contribution < 1.29 is 19.1 Å². The first-order chi connectivity index (χ1) is 16.4. The molecule has 10 heteroatoms. The third kappa shape index (κ3) is 5.63. The molecule has 0 unspecified atom stereocenters. The highest BCUT2D eigenvalue weighted by atomic mass is 79.9. The largest absolute Gasteiger partial charge is 0.383 e. The van der Waals surface area contributed by atoms with Crippen molar-refractivity contribution >= 4 is 77.7 Å². The van der Waals surface area contributed by atoms with E-state index in [0.717, 1.165) is 42.7 Å². The van der Waals surface area contributed by atoms with Crippen LogP contribution in [0.2, 0.25) is 0 Å². The van der Waals surface area contributed by atoms with E-state index in [9.17, 15) is 14.4 Å². The number of nitrogens with one attached hydrogen (secondary N) is 1. The van der Waals surface area contributed by atoms with Gasteiger partial charge >= 0.3 is 0 Å². The van der Waals surface area contributed by atoms with E-state index in [-0.39, 0.29) is 30.1 Å². The zero-order chi connectivity index (χ0) is 24.2. The summed E-state index contributed by atoms with van der Waals surface area (Å²) in [4.78, 5) is 39.6. The lowest BCUT2D eigenvalue weighted by atomic mass is 10.1. The van der Waals surface area contributed by atoms with Crippen molar-refractivity contribution in [1.29, 1.82) is 0 Å². The van der Waals surface area contributed by atoms with Gasteiger partial charge in [-0.2, -0.15) is 0 Å². The number of ether oxygens (including phenoxy) is 1. The number of imide groups is 1. The van der Waals surface area contributed by atoms with Gasteiger partial charge in [0.2, 0.25) is 5.91 Å². The fraction of sp³-hybridized carbons (Fsp3) is 0.208. The van der Waals surface area contributed by atoms with Crippen LogP contribution >= 0.6 is 43.6 Å². The van der Waals surface area contributed by atoms with E-state index in [4.69, 9.17) is 4.74 Å². The van der Waals surface area contributed by atoms with Gasteiger partial charge in [0.25, 0.3) is 11.1 Å². The number of thioether (sulfide) groups is 1. The number of benzene rings is 2. The number of aromatic nitrogens is 1. The summed E-state index contributed by atoms with van der Waals surface area (Å²) in [5, 5.41) is 3.38. The van der Waals surface area contributed by atoms with Crippen molar-refractivity contribution in [3.05, 3.63) is 73.6 Å². The summed E-state index contributed by atoms with van der Waals surface area (Å²) in [6.07, 6.45) is 3.55. The Morgan fingerprint density at radius 3 is 2.59 bits per heavy atom. The SMILES string of the molecule is COCCNC(=O)Cn1cc(/C=C2\SC(=O)N(Cc3ccc(Br)cc3)C2=O)c2cc(Br)ccc21. The predicted octanol–water partition coefficient (Wildman–Crippen LogP) is 5.17. The molecule has 7 nitrogen and oxygen atoms in total. The van der Waals surface area contributed by atoms with E-state index in [1.807, 2.05) is 53.2 Å². The number of amides is 3. The molecule has 0 spiro atoms. The van der Waals surface area contributed by atoms with Gasteiger partial charge in [-0.25, -0.2) is 0 Å². The van der Waals surface area contributed by atoms with Crippen LogP contribution in [0.3, 0.4) is 0 Å². The Morgan fingerprint density at radius 1 is 1.12 bits per heavy atom. The minimum atomic E-state index is -0.328. The van der Waals surface area contributed by atoms with Crippen LogP contribution < -0.4 is 5.32 Å². The van der Waals surface area contributed by atoms with E-state index >= 15 is 0 Å². The molecule has 0 atom stereocenters. The second-order valence-corrected chi connectivity index (χ2v) is 10.4. The number of carbonyl (C=O) groups excluding carboxylic acids is 3. The van der Waals surface area contributed by atoms with Crippen LogP contribution in [0.5, 0.6) is 0 Å². The molecule has 1 fully saturated rings. The Hall–Kier alpha value is -2.40. The fourth-order valence-electron chi connectivity index (χ4n) is 3.60. The average molecular weight is 607 g/mol. The monoisotopic (exact) mass is 605 g/mol. The number of halogens is 2. The van der Waals surface area contributed by atoms with Crippen molar-refractivity contribution in [3.8, 4) is 0 Å². The quantitative estimate of drug-likeness (QED) is 0.283. The van der Waals surface area contributed by atoms with E-state index in [1.54, 1.807) is 13.2 Å². The molecule has 0 bridgehead atoms. The van der Waals surface area contributed by atoms with Crippen LogP contribution in [-0.4, -0.2) is 46.8 Å². The van der Waals surface area contributed by atoms with Crippen molar-refractivity contribution in [2.24, 2.45) is 0 Å². The summed E-state index contributed by atoms with van der Waals surface area (Å²) in [7, 11) is 1.58. The Balaban J connectivity index is 1.60. The molecule has 2 aromatic carbocycles. The molecule has 3 aromatic rings. The minimum Gasteiger partial charge on any atom is -0.383 e. The third-order valence-electron chi connectivity index (χ3n) is 5.23. The summed E-state index contributed by atoms with van der Waals surface area (Å²) in [6, 6.07) is 13.3. The van der Waals surface area contributed by atoms with Crippen molar-refractivity contribution in [2.75, 3.05) is 20.3 Å². The van der Waals surface area contributed by atoms with Gasteiger partial charge in [-0.3, -0.25) is 19.3 Å². The number of fused-ring (bicyclic) bond motifs is 1. The molecular weight excluding hydrogens is 586 g/mol. The molecule has 1 saturated heterocycles. The second kappa shape index (κ2) is 10.9. The van der Waals surface area contributed by atoms with Crippen LogP contribution in [-0.2, 0) is 27.4 Å². The summed E-state index contributed by atoms with van der Waals surface area (Å²) < 4.78 is 8.61. The smallest absolute Gasteiger partial charge is 0.293 e. The summed E-state index contributed by atoms with van der Waals surface area (Å²) in [5.74, 6) is -0.468. The lowest BCUT2D eigenvalue weighted by Crippen LogP contribution is -2.30. The number of carbonyl (C=O) groups is 3. The van der Waals surface area contributed by atoms with Gasteiger partial charge < -0.3 is 14.6 Å². The first kappa shape index (κ1) is 24.7. The minimum absolute atomic E-state index is 0.126. The summed E-state index contributed by atoms with van der Waals surface area (Å²) >= 11 is 7.81. The molecular formula is C24H21Br2N3O4S. The number of methoxy groups -OCH3 is 1. The molecule has 2 heterocycles. The van der Waals surface area contributed by atoms with Gasteiger partial charge in [-0.1, -0.05) is 44.0 Å². The molecule has 0 saturated carbocycles. The zero-order valence-electron chi connectivity index (χ0n) is 18.2. The maximum atomic E-state index is 13.0. The Kier molecular flexibility index (Phi) is 7.92. The van der Waals surface area contributed by atoms with Crippen LogP contribution in [0.4, 0.5) is 4.79 Å². The Bertz CT molecular complexity index is 1290. The third-order valence-corrected chi connectivity index (χ3v) is 7.16. The van der Waals surface area contributed by atoms with Gasteiger partial charge in [0.1, 0.15) is 6.54 Å². The molecule has 176 valence electrons. The van der Waals surface area contributed by atoms with Crippen LogP contribution in [0, 0.1) is 0 Å². The van der Waals surface area contributed by atoms with Gasteiger partial charge in [-0.15, -0.1) is 0 Å². The van der Waals surface area contributed by atoms with E-state index in [0.29, 0.717) is 18.1 Å². The molecule has 0 aliphatic carbocycles. The Labute approximate surface area is 217 Å². The van der Waals surface area contributed by atoms with Gasteiger partial charge in [-0.05, 0) is 53.7 Å². The van der Waals surface area contributed by atoms with E-state index in [1.165, 1.54) is 4.90 Å².